The Morgan fingerprint density at radius 1 is 1.00 bits per heavy atom. The Hall–Kier alpha value is -1.09. The monoisotopic (exact) mass is 255 g/mol. The van der Waals surface area contributed by atoms with Crippen molar-refractivity contribution in [1.82, 2.24) is 0 Å². The molecule has 13 heavy (non-hydrogen) atoms. The topological polar surface area (TPSA) is 23.8 Å². The molecule has 0 amide bonds. The smallest absolute Gasteiger partial charge is 0.176 e. The summed E-state index contributed by atoms with van der Waals surface area (Å²) in [4.78, 5) is 0. The Balaban J connectivity index is 0.000000671. The molecule has 1 rings (SSSR count). The van der Waals surface area contributed by atoms with Crippen LogP contribution in [0.3, 0.4) is 0 Å². The molecule has 0 aliphatic carbocycles. The van der Waals surface area contributed by atoms with Crippen molar-refractivity contribution in [2.24, 2.45) is 0 Å². The number of nitrogens with zero attached hydrogens (tertiary/aromatic N) is 1. The van der Waals surface area contributed by atoms with E-state index in [-0.39, 0.29) is 6.07 Å². The molecule has 0 radical (unpaired) electrons. The molecule has 0 fully saturated rings. The van der Waals surface area contributed by atoms with Gasteiger partial charge in [0.2, 0.25) is 0 Å². The third-order valence-electron chi connectivity index (χ3n) is 1.06. The van der Waals surface area contributed by atoms with E-state index in [9.17, 15) is 17.6 Å². The fourth-order valence-corrected chi connectivity index (χ4v) is 0.923. The van der Waals surface area contributed by atoms with Gasteiger partial charge in [-0.1, -0.05) is 0 Å². The van der Waals surface area contributed by atoms with E-state index in [2.05, 4.69) is 22.5 Å². The lowest BCUT2D eigenvalue weighted by molar-refractivity contribution is 0.446. The number of nitriles is 1. The molecule has 6 heteroatoms. The Morgan fingerprint density at radius 2 is 1.31 bits per heavy atom. The Labute approximate surface area is 79.7 Å². The van der Waals surface area contributed by atoms with Crippen LogP contribution in [0.15, 0.2) is 10.5 Å². The first-order valence-corrected chi connectivity index (χ1v) is 3.57. The highest BCUT2D eigenvalue weighted by Gasteiger charge is 2.15. The second-order valence-electron chi connectivity index (χ2n) is 1.78. The number of hydrogen-bond acceptors (Lipinski definition) is 1. The van der Waals surface area contributed by atoms with Crippen LogP contribution in [-0.4, -0.2) is 0 Å². The van der Waals surface area contributed by atoms with Gasteiger partial charge in [-0.2, -0.15) is 0 Å². The molecule has 1 nitrogen and oxygen atoms in total. The van der Waals surface area contributed by atoms with Crippen molar-refractivity contribution < 1.29 is 17.6 Å². The van der Waals surface area contributed by atoms with Crippen molar-refractivity contribution in [3.05, 3.63) is 33.8 Å². The van der Waals surface area contributed by atoms with E-state index < -0.39 is 27.7 Å². The molecule has 0 saturated carbocycles. The maximum absolute atomic E-state index is 12.3. The Kier molecular flexibility index (Phi) is 4.42. The van der Waals surface area contributed by atoms with Crippen LogP contribution in [0, 0.1) is 35.1 Å². The molecule has 0 spiro atoms. The largest absolute Gasteiger partial charge is 0.204 e. The summed E-state index contributed by atoms with van der Waals surface area (Å²) in [7, 11) is 0. The van der Waals surface area contributed by atoms with Gasteiger partial charge in [0.1, 0.15) is 0 Å². The van der Waals surface area contributed by atoms with Gasteiger partial charge in [0, 0.05) is 12.6 Å². The van der Waals surface area contributed by atoms with Crippen LogP contribution in [-0.2, 0) is 0 Å². The molecule has 70 valence electrons. The van der Waals surface area contributed by atoms with E-state index in [4.69, 9.17) is 5.26 Å². The van der Waals surface area contributed by atoms with Gasteiger partial charge in [-0.15, -0.1) is 0 Å². The molecule has 0 saturated heterocycles. The molecule has 0 aromatic heterocycles. The summed E-state index contributed by atoms with van der Waals surface area (Å²) in [6.07, 6.45) is 0. The van der Waals surface area contributed by atoms with Gasteiger partial charge in [-0.05, 0) is 15.9 Å². The van der Waals surface area contributed by atoms with Crippen LogP contribution in [0.2, 0.25) is 0 Å². The average molecular weight is 256 g/mol. The van der Waals surface area contributed by atoms with Crippen LogP contribution in [0.25, 0.3) is 0 Å². The summed E-state index contributed by atoms with van der Waals surface area (Å²) in [5, 5.41) is 6.50. The third-order valence-corrected chi connectivity index (χ3v) is 1.75. The van der Waals surface area contributed by atoms with Crippen molar-refractivity contribution in [3.8, 4) is 6.57 Å². The summed E-state index contributed by atoms with van der Waals surface area (Å²) in [6.45, 7) is 3.50. The van der Waals surface area contributed by atoms with Crippen molar-refractivity contribution in [3.63, 3.8) is 0 Å². The van der Waals surface area contributed by atoms with Crippen molar-refractivity contribution in [1.29, 1.82) is 5.26 Å². The summed E-state index contributed by atoms with van der Waals surface area (Å²) >= 11 is 2.35. The Bertz CT molecular complexity index is 311. The summed E-state index contributed by atoms with van der Waals surface area (Å²) in [6, 6.07) is 0.148. The number of halogens is 5. The van der Waals surface area contributed by atoms with Gasteiger partial charge >= 0.3 is 0 Å². The summed E-state index contributed by atoms with van der Waals surface area (Å²) < 4.78 is 48.3. The number of hydrogen-bond donors (Lipinski definition) is 0. The van der Waals surface area contributed by atoms with E-state index in [1.54, 1.807) is 0 Å². The standard InChI is InChI=1S/C6HBrF4.CHN/c7-4-5(10)2(8)1-3(9)6(4)11;1-2/h1H;1H. The van der Waals surface area contributed by atoms with Crippen LogP contribution in [0.1, 0.15) is 0 Å². The minimum Gasteiger partial charge on any atom is -0.204 e. The van der Waals surface area contributed by atoms with Gasteiger partial charge < -0.3 is 0 Å². The maximum atomic E-state index is 12.3. The SMILES string of the molecule is C#N.Fc1cc(F)c(F)c(Br)c1F. The highest BCUT2D eigenvalue weighted by atomic mass is 79.9. The molecule has 0 aliphatic rings. The van der Waals surface area contributed by atoms with Crippen molar-refractivity contribution in [2.75, 3.05) is 0 Å². The van der Waals surface area contributed by atoms with E-state index in [0.29, 0.717) is 0 Å². The summed E-state index contributed by atoms with van der Waals surface area (Å²) in [5.74, 6) is -5.70. The number of rotatable bonds is 0. The first-order chi connectivity index (χ1) is 6.04. The molecular weight excluding hydrogens is 254 g/mol. The fraction of sp³-hybridized carbons (Fsp3) is 0. The zero-order chi connectivity index (χ0) is 10.6. The van der Waals surface area contributed by atoms with E-state index >= 15 is 0 Å². The molecule has 0 atom stereocenters. The predicted octanol–water partition coefficient (Wildman–Crippen LogP) is 3.15. The Morgan fingerprint density at radius 3 is 1.62 bits per heavy atom. The second-order valence-corrected chi connectivity index (χ2v) is 2.58. The van der Waals surface area contributed by atoms with Gasteiger partial charge in [0.05, 0.1) is 4.47 Å². The minimum atomic E-state index is -1.43. The molecule has 0 heterocycles. The summed E-state index contributed by atoms with van der Waals surface area (Å²) in [5.41, 5.74) is 0. The highest BCUT2D eigenvalue weighted by molar-refractivity contribution is 9.10. The normalized spacial score (nSPS) is 8.85. The van der Waals surface area contributed by atoms with Gasteiger partial charge in [0.15, 0.2) is 23.3 Å². The molecule has 0 aliphatic heterocycles. The van der Waals surface area contributed by atoms with Crippen LogP contribution in [0.5, 0.6) is 0 Å². The molecule has 0 bridgehead atoms. The molecular formula is C7H2BrF4N. The minimum absolute atomic E-state index is 0.148. The van der Waals surface area contributed by atoms with Crippen LogP contribution < -0.4 is 0 Å². The van der Waals surface area contributed by atoms with E-state index in [1.165, 1.54) is 0 Å². The average Bonchev–Trinajstić information content (AvgIpc) is 2.15. The van der Waals surface area contributed by atoms with Crippen molar-refractivity contribution >= 4 is 15.9 Å². The molecule has 1 aromatic carbocycles. The number of benzene rings is 1. The lowest BCUT2D eigenvalue weighted by atomic mass is 10.3. The lowest BCUT2D eigenvalue weighted by Crippen LogP contribution is -1.94. The van der Waals surface area contributed by atoms with Gasteiger partial charge in [-0.3, -0.25) is 0 Å². The van der Waals surface area contributed by atoms with E-state index in [1.807, 2.05) is 0 Å². The van der Waals surface area contributed by atoms with Crippen LogP contribution in [0.4, 0.5) is 17.6 Å². The second kappa shape index (κ2) is 4.82. The first kappa shape index (κ1) is 11.9. The highest BCUT2D eigenvalue weighted by Crippen LogP contribution is 2.23. The zero-order valence-corrected chi connectivity index (χ0v) is 7.58. The van der Waals surface area contributed by atoms with Crippen molar-refractivity contribution in [2.45, 2.75) is 0 Å². The zero-order valence-electron chi connectivity index (χ0n) is 5.99. The molecule has 1 aromatic rings. The molecule has 0 N–H and O–H groups in total. The van der Waals surface area contributed by atoms with Crippen LogP contribution >= 0.6 is 15.9 Å². The van der Waals surface area contributed by atoms with Gasteiger partial charge in [0.25, 0.3) is 0 Å². The van der Waals surface area contributed by atoms with E-state index in [0.717, 1.165) is 0 Å². The fourth-order valence-electron chi connectivity index (χ4n) is 0.544. The first-order valence-electron chi connectivity index (χ1n) is 2.78. The van der Waals surface area contributed by atoms with Gasteiger partial charge in [-0.25, -0.2) is 22.8 Å². The predicted molar refractivity (Wildman–Crippen MR) is 40.6 cm³/mol. The quantitative estimate of drug-likeness (QED) is 0.397. The maximum Gasteiger partial charge on any atom is 0.176 e. The third kappa shape index (κ3) is 2.42. The lowest BCUT2D eigenvalue weighted by Gasteiger charge is -1.98. The molecule has 0 unspecified atom stereocenters.